The fraction of sp³-hybridized carbons (Fsp3) is 0.160. The molecule has 4 rings (SSSR count). The predicted octanol–water partition coefficient (Wildman–Crippen LogP) is 5.75. The molecular weight excluding hydrogens is 330 g/mol. The van der Waals surface area contributed by atoms with Gasteiger partial charge in [0.25, 0.3) is 0 Å². The number of benzene rings is 3. The van der Waals surface area contributed by atoms with E-state index >= 15 is 0 Å². The van der Waals surface area contributed by atoms with E-state index in [2.05, 4.69) is 67.3 Å². The monoisotopic (exact) mass is 353 g/mol. The minimum Gasteiger partial charge on any atom is -0.339 e. The highest BCUT2D eigenvalue weighted by atomic mass is 16.1. The first kappa shape index (κ1) is 17.3. The molecule has 1 aliphatic heterocycles. The Morgan fingerprint density at radius 3 is 2.15 bits per heavy atom. The summed E-state index contributed by atoms with van der Waals surface area (Å²) in [7, 11) is 0. The van der Waals surface area contributed by atoms with E-state index in [9.17, 15) is 4.79 Å². The van der Waals surface area contributed by atoms with Gasteiger partial charge in [0, 0.05) is 35.0 Å². The van der Waals surface area contributed by atoms with Gasteiger partial charge in [-0.1, -0.05) is 92.7 Å². The molecule has 0 fully saturated rings. The highest BCUT2D eigenvalue weighted by molar-refractivity contribution is 6.05. The van der Waals surface area contributed by atoms with Crippen molar-refractivity contribution in [1.29, 1.82) is 0 Å². The Morgan fingerprint density at radius 1 is 0.852 bits per heavy atom. The lowest BCUT2D eigenvalue weighted by molar-refractivity contribution is 0.104. The smallest absolute Gasteiger partial charge is 0.187 e. The van der Waals surface area contributed by atoms with Crippen LogP contribution in [0.4, 0.5) is 5.69 Å². The summed E-state index contributed by atoms with van der Waals surface area (Å²) in [5, 5.41) is 0. The van der Waals surface area contributed by atoms with Crippen LogP contribution in [0.2, 0.25) is 0 Å². The Hall–Kier alpha value is -3.13. The van der Waals surface area contributed by atoms with Crippen molar-refractivity contribution in [3.63, 3.8) is 0 Å². The molecule has 0 aliphatic carbocycles. The summed E-state index contributed by atoms with van der Waals surface area (Å²) in [6, 6.07) is 28.3. The van der Waals surface area contributed by atoms with Crippen LogP contribution >= 0.6 is 0 Å². The maximum Gasteiger partial charge on any atom is 0.187 e. The van der Waals surface area contributed by atoms with Crippen LogP contribution in [0.25, 0.3) is 0 Å². The second-order valence-corrected chi connectivity index (χ2v) is 7.47. The number of para-hydroxylation sites is 1. The lowest BCUT2D eigenvalue weighted by atomic mass is 9.83. The Kier molecular flexibility index (Phi) is 4.41. The van der Waals surface area contributed by atoms with Gasteiger partial charge in [-0.3, -0.25) is 4.79 Å². The molecule has 0 atom stereocenters. The molecule has 3 aromatic rings. The zero-order valence-corrected chi connectivity index (χ0v) is 15.7. The van der Waals surface area contributed by atoms with Gasteiger partial charge in [0.2, 0.25) is 0 Å². The van der Waals surface area contributed by atoms with Crippen molar-refractivity contribution < 1.29 is 4.79 Å². The highest BCUT2D eigenvalue weighted by Gasteiger charge is 2.40. The summed E-state index contributed by atoms with van der Waals surface area (Å²) >= 11 is 0. The number of carbonyl (C=O) groups excluding carboxylic acids is 1. The molecule has 0 saturated heterocycles. The van der Waals surface area contributed by atoms with Gasteiger partial charge in [-0.15, -0.1) is 0 Å². The molecule has 1 heterocycles. The molecule has 134 valence electrons. The van der Waals surface area contributed by atoms with Gasteiger partial charge in [-0.25, -0.2) is 0 Å². The van der Waals surface area contributed by atoms with Crippen LogP contribution in [0.5, 0.6) is 0 Å². The molecule has 0 radical (unpaired) electrons. The molecule has 1 aliphatic rings. The maximum atomic E-state index is 12.9. The van der Waals surface area contributed by atoms with E-state index in [0.29, 0.717) is 0 Å². The zero-order chi connectivity index (χ0) is 18.9. The summed E-state index contributed by atoms with van der Waals surface area (Å²) in [6.07, 6.45) is 1.82. The largest absolute Gasteiger partial charge is 0.339 e. The van der Waals surface area contributed by atoms with Crippen LogP contribution in [0.3, 0.4) is 0 Å². The van der Waals surface area contributed by atoms with E-state index in [-0.39, 0.29) is 11.2 Å². The number of hydrogen-bond acceptors (Lipinski definition) is 2. The van der Waals surface area contributed by atoms with Crippen LogP contribution in [-0.4, -0.2) is 5.78 Å². The first-order valence-electron chi connectivity index (χ1n) is 9.30. The lowest BCUT2D eigenvalue weighted by Crippen LogP contribution is -2.27. The number of fused-ring (bicyclic) bond motifs is 1. The molecular formula is C25H23NO. The molecule has 0 saturated carbocycles. The molecule has 2 nitrogen and oxygen atoms in total. The Labute approximate surface area is 160 Å². The van der Waals surface area contributed by atoms with E-state index in [1.165, 1.54) is 16.8 Å². The van der Waals surface area contributed by atoms with Crippen molar-refractivity contribution in [3.8, 4) is 0 Å². The standard InChI is InChI=1S/C25H23NO/c1-25(2)21-15-9-10-16-22(21)26(18-19-11-5-3-6-12-19)24(25)17-23(27)20-13-7-4-8-14-20/h3-17H,18H2,1-2H3. The molecule has 0 unspecified atom stereocenters. The molecule has 0 bridgehead atoms. The van der Waals surface area contributed by atoms with E-state index in [0.717, 1.165) is 17.8 Å². The quantitative estimate of drug-likeness (QED) is 0.439. The molecule has 3 aromatic carbocycles. The highest BCUT2D eigenvalue weighted by Crippen LogP contribution is 2.48. The molecule has 0 amide bonds. The maximum absolute atomic E-state index is 12.9. The number of carbonyl (C=O) groups is 1. The van der Waals surface area contributed by atoms with E-state index in [4.69, 9.17) is 0 Å². The molecule has 0 N–H and O–H groups in total. The number of nitrogens with zero attached hydrogens (tertiary/aromatic N) is 1. The van der Waals surface area contributed by atoms with Crippen LogP contribution in [-0.2, 0) is 12.0 Å². The van der Waals surface area contributed by atoms with Gasteiger partial charge in [0.15, 0.2) is 5.78 Å². The second kappa shape index (κ2) is 6.88. The summed E-state index contributed by atoms with van der Waals surface area (Å²) < 4.78 is 0. The van der Waals surface area contributed by atoms with Gasteiger partial charge in [0.1, 0.15) is 0 Å². The van der Waals surface area contributed by atoms with Gasteiger partial charge >= 0.3 is 0 Å². The summed E-state index contributed by atoms with van der Waals surface area (Å²) in [5.41, 5.74) is 5.20. The lowest BCUT2D eigenvalue weighted by Gasteiger charge is -2.27. The average molecular weight is 353 g/mol. The minimum absolute atomic E-state index is 0.0459. The molecule has 27 heavy (non-hydrogen) atoms. The summed E-state index contributed by atoms with van der Waals surface area (Å²) in [5.74, 6) is 0.0459. The van der Waals surface area contributed by atoms with Crippen molar-refractivity contribution in [3.05, 3.63) is 113 Å². The number of anilines is 1. The van der Waals surface area contributed by atoms with Gasteiger partial charge in [-0.2, -0.15) is 0 Å². The Morgan fingerprint density at radius 2 is 1.44 bits per heavy atom. The molecule has 2 heteroatoms. The van der Waals surface area contributed by atoms with E-state index < -0.39 is 0 Å². The topological polar surface area (TPSA) is 20.3 Å². The van der Waals surface area contributed by atoms with Crippen molar-refractivity contribution in [2.45, 2.75) is 25.8 Å². The third-order valence-electron chi connectivity index (χ3n) is 5.31. The molecule has 0 spiro atoms. The number of hydrogen-bond donors (Lipinski definition) is 0. The van der Waals surface area contributed by atoms with Gasteiger partial charge < -0.3 is 4.90 Å². The van der Waals surface area contributed by atoms with Crippen molar-refractivity contribution >= 4 is 11.5 Å². The average Bonchev–Trinajstić information content (AvgIpc) is 2.91. The third-order valence-corrected chi connectivity index (χ3v) is 5.31. The van der Waals surface area contributed by atoms with Crippen LogP contribution in [0.1, 0.15) is 35.3 Å². The van der Waals surface area contributed by atoms with Crippen molar-refractivity contribution in [1.82, 2.24) is 0 Å². The van der Waals surface area contributed by atoms with Crippen LogP contribution in [0, 0.1) is 0 Å². The normalized spacial score (nSPS) is 16.4. The van der Waals surface area contributed by atoms with Crippen LogP contribution in [0.15, 0.2) is 96.7 Å². The third kappa shape index (κ3) is 3.19. The van der Waals surface area contributed by atoms with E-state index in [1.807, 2.05) is 42.5 Å². The second-order valence-electron chi connectivity index (χ2n) is 7.47. The SMILES string of the molecule is CC1(C)C(=CC(=O)c2ccccc2)N(Cc2ccccc2)c2ccccc21. The number of allylic oxidation sites excluding steroid dienone is 2. The first-order chi connectivity index (χ1) is 13.1. The van der Waals surface area contributed by atoms with E-state index in [1.54, 1.807) is 0 Å². The van der Waals surface area contributed by atoms with Gasteiger partial charge in [0.05, 0.1) is 0 Å². The van der Waals surface area contributed by atoms with Crippen molar-refractivity contribution in [2.24, 2.45) is 0 Å². The van der Waals surface area contributed by atoms with Gasteiger partial charge in [-0.05, 0) is 17.2 Å². The minimum atomic E-state index is -0.226. The fourth-order valence-electron chi connectivity index (χ4n) is 3.85. The molecule has 0 aromatic heterocycles. The summed E-state index contributed by atoms with van der Waals surface area (Å²) in [4.78, 5) is 15.2. The number of ketones is 1. The fourth-order valence-corrected chi connectivity index (χ4v) is 3.85. The predicted molar refractivity (Wildman–Crippen MR) is 111 cm³/mol. The summed E-state index contributed by atoms with van der Waals surface area (Å²) in [6.45, 7) is 5.14. The number of rotatable bonds is 4. The Balaban J connectivity index is 1.80. The van der Waals surface area contributed by atoms with Crippen LogP contribution < -0.4 is 4.90 Å². The Bertz CT molecular complexity index is 987. The first-order valence-corrected chi connectivity index (χ1v) is 9.30. The van der Waals surface area contributed by atoms with Crippen molar-refractivity contribution in [2.75, 3.05) is 4.90 Å². The zero-order valence-electron chi connectivity index (χ0n) is 15.7.